The van der Waals surface area contributed by atoms with Gasteiger partial charge in [-0.25, -0.2) is 14.1 Å². The molecule has 1 N–H and O–H groups in total. The highest BCUT2D eigenvalue weighted by molar-refractivity contribution is 6.04. The molecule has 4 rings (SSSR count). The van der Waals surface area contributed by atoms with Gasteiger partial charge in [-0.3, -0.25) is 4.79 Å². The molecule has 5 nitrogen and oxygen atoms in total. The van der Waals surface area contributed by atoms with Crippen molar-refractivity contribution in [2.75, 3.05) is 5.32 Å². The van der Waals surface area contributed by atoms with Crippen molar-refractivity contribution < 1.29 is 9.18 Å². The highest BCUT2D eigenvalue weighted by atomic mass is 19.1. The Kier molecular flexibility index (Phi) is 4.68. The van der Waals surface area contributed by atoms with Crippen LogP contribution in [-0.4, -0.2) is 20.7 Å². The first-order valence-corrected chi connectivity index (χ1v) is 8.77. The number of hydrogen-bond acceptors (Lipinski definition) is 3. The fourth-order valence-corrected chi connectivity index (χ4v) is 2.95. The second kappa shape index (κ2) is 7.44. The Morgan fingerprint density at radius 2 is 1.61 bits per heavy atom. The molecule has 0 aliphatic heterocycles. The zero-order chi connectivity index (χ0) is 19.5. The molecule has 0 atom stereocenters. The van der Waals surface area contributed by atoms with Crippen molar-refractivity contribution in [1.82, 2.24) is 14.8 Å². The molecule has 1 aromatic heterocycles. The van der Waals surface area contributed by atoms with Crippen LogP contribution in [0.1, 0.15) is 16.4 Å². The van der Waals surface area contributed by atoms with Gasteiger partial charge in [-0.05, 0) is 42.8 Å². The number of anilines is 1. The van der Waals surface area contributed by atoms with Crippen LogP contribution in [0.5, 0.6) is 0 Å². The molecule has 0 aliphatic carbocycles. The Morgan fingerprint density at radius 1 is 0.929 bits per heavy atom. The molecule has 0 saturated heterocycles. The minimum atomic E-state index is -0.410. The van der Waals surface area contributed by atoms with Crippen molar-refractivity contribution in [3.63, 3.8) is 0 Å². The van der Waals surface area contributed by atoms with E-state index in [1.54, 1.807) is 19.1 Å². The number of carbonyl (C=O) groups excluding carboxylic acids is 1. The molecule has 28 heavy (non-hydrogen) atoms. The monoisotopic (exact) mass is 372 g/mol. The topological polar surface area (TPSA) is 59.8 Å². The van der Waals surface area contributed by atoms with Gasteiger partial charge in [0.25, 0.3) is 5.91 Å². The van der Waals surface area contributed by atoms with Gasteiger partial charge < -0.3 is 5.32 Å². The molecule has 0 bridgehead atoms. The van der Waals surface area contributed by atoms with Gasteiger partial charge in [0.05, 0.1) is 5.69 Å². The molecule has 0 unspecified atom stereocenters. The molecule has 138 valence electrons. The summed E-state index contributed by atoms with van der Waals surface area (Å²) in [4.78, 5) is 17.0. The van der Waals surface area contributed by atoms with Gasteiger partial charge in [0, 0.05) is 11.3 Å². The maximum atomic E-state index is 13.1. The number of benzene rings is 3. The van der Waals surface area contributed by atoms with E-state index in [0.29, 0.717) is 17.2 Å². The zero-order valence-electron chi connectivity index (χ0n) is 15.1. The molecule has 4 aromatic rings. The van der Waals surface area contributed by atoms with E-state index in [1.807, 2.05) is 54.6 Å². The number of aryl methyl sites for hydroxylation is 1. The number of amides is 1. The summed E-state index contributed by atoms with van der Waals surface area (Å²) >= 11 is 0. The summed E-state index contributed by atoms with van der Waals surface area (Å²) in [5.41, 5.74) is 3.22. The van der Waals surface area contributed by atoms with E-state index in [-0.39, 0.29) is 11.6 Å². The fourth-order valence-electron chi connectivity index (χ4n) is 2.95. The SMILES string of the molecule is Cc1nc(C(=O)Nc2ccccc2-c2ccccc2)nn1-c1ccc(F)cc1. The van der Waals surface area contributed by atoms with Gasteiger partial charge in [-0.15, -0.1) is 5.10 Å². The molecule has 0 spiro atoms. The number of hydrogen-bond donors (Lipinski definition) is 1. The third-order valence-electron chi connectivity index (χ3n) is 4.30. The Hall–Kier alpha value is -3.80. The summed E-state index contributed by atoms with van der Waals surface area (Å²) in [6, 6.07) is 23.2. The van der Waals surface area contributed by atoms with Crippen molar-refractivity contribution in [3.05, 3.63) is 96.3 Å². The Balaban J connectivity index is 1.62. The smallest absolute Gasteiger partial charge is 0.295 e. The van der Waals surface area contributed by atoms with Gasteiger partial charge in [0.1, 0.15) is 11.6 Å². The van der Waals surface area contributed by atoms with Crippen LogP contribution in [0.2, 0.25) is 0 Å². The van der Waals surface area contributed by atoms with Crippen LogP contribution in [0, 0.1) is 12.7 Å². The predicted octanol–water partition coefficient (Wildman–Crippen LogP) is 4.63. The van der Waals surface area contributed by atoms with E-state index in [0.717, 1.165) is 11.1 Å². The normalized spacial score (nSPS) is 10.6. The summed E-state index contributed by atoms with van der Waals surface area (Å²) in [5.74, 6) is -0.165. The quantitative estimate of drug-likeness (QED) is 0.568. The molecule has 0 radical (unpaired) electrons. The van der Waals surface area contributed by atoms with Crippen LogP contribution in [0.25, 0.3) is 16.8 Å². The molecule has 0 saturated carbocycles. The first-order chi connectivity index (χ1) is 13.6. The van der Waals surface area contributed by atoms with Crippen molar-refractivity contribution >= 4 is 11.6 Å². The largest absolute Gasteiger partial charge is 0.319 e. The van der Waals surface area contributed by atoms with Crippen LogP contribution >= 0.6 is 0 Å². The van der Waals surface area contributed by atoms with E-state index in [1.165, 1.54) is 16.8 Å². The second-order valence-corrected chi connectivity index (χ2v) is 6.24. The highest BCUT2D eigenvalue weighted by Crippen LogP contribution is 2.27. The van der Waals surface area contributed by atoms with Gasteiger partial charge in [0.2, 0.25) is 5.82 Å². The minimum absolute atomic E-state index is 0.0460. The first-order valence-electron chi connectivity index (χ1n) is 8.77. The lowest BCUT2D eigenvalue weighted by molar-refractivity contribution is 0.101. The summed E-state index contributed by atoms with van der Waals surface area (Å²) in [7, 11) is 0. The van der Waals surface area contributed by atoms with Crippen LogP contribution in [0.4, 0.5) is 10.1 Å². The third kappa shape index (κ3) is 3.53. The Labute approximate surface area is 161 Å². The number of carbonyl (C=O) groups is 1. The maximum absolute atomic E-state index is 13.1. The number of nitrogens with zero attached hydrogens (tertiary/aromatic N) is 3. The molecule has 1 heterocycles. The number of nitrogens with one attached hydrogen (secondary N) is 1. The van der Waals surface area contributed by atoms with E-state index >= 15 is 0 Å². The van der Waals surface area contributed by atoms with Crippen LogP contribution in [0.3, 0.4) is 0 Å². The van der Waals surface area contributed by atoms with E-state index in [2.05, 4.69) is 15.4 Å². The first kappa shape index (κ1) is 17.6. The van der Waals surface area contributed by atoms with Crippen molar-refractivity contribution in [1.29, 1.82) is 0 Å². The van der Waals surface area contributed by atoms with Crippen molar-refractivity contribution in [3.8, 4) is 16.8 Å². The van der Waals surface area contributed by atoms with Gasteiger partial charge in [-0.1, -0.05) is 48.5 Å². The van der Waals surface area contributed by atoms with Gasteiger partial charge in [-0.2, -0.15) is 0 Å². The Bertz CT molecular complexity index is 1120. The highest BCUT2D eigenvalue weighted by Gasteiger charge is 2.17. The number of halogens is 1. The molecule has 6 heteroatoms. The summed E-state index contributed by atoms with van der Waals surface area (Å²) in [6.07, 6.45) is 0. The molecule has 0 fully saturated rings. The standard InChI is InChI=1S/C22H17FN4O/c1-15-24-21(26-27(15)18-13-11-17(23)12-14-18)22(28)25-20-10-6-5-9-19(20)16-7-3-2-4-8-16/h2-14H,1H3,(H,25,28). The second-order valence-electron chi connectivity index (χ2n) is 6.24. The lowest BCUT2D eigenvalue weighted by Gasteiger charge is -2.10. The summed E-state index contributed by atoms with van der Waals surface area (Å²) < 4.78 is 14.7. The number of para-hydroxylation sites is 1. The van der Waals surface area contributed by atoms with E-state index in [9.17, 15) is 9.18 Å². The summed E-state index contributed by atoms with van der Waals surface area (Å²) in [6.45, 7) is 1.74. The van der Waals surface area contributed by atoms with Crippen LogP contribution in [-0.2, 0) is 0 Å². The maximum Gasteiger partial charge on any atom is 0.295 e. The zero-order valence-corrected chi connectivity index (χ0v) is 15.1. The molecular weight excluding hydrogens is 355 g/mol. The van der Waals surface area contributed by atoms with Gasteiger partial charge in [0.15, 0.2) is 0 Å². The molecule has 0 aliphatic rings. The predicted molar refractivity (Wildman–Crippen MR) is 106 cm³/mol. The van der Waals surface area contributed by atoms with Crippen LogP contribution in [0.15, 0.2) is 78.9 Å². The van der Waals surface area contributed by atoms with Crippen LogP contribution < -0.4 is 5.32 Å². The average molecular weight is 372 g/mol. The van der Waals surface area contributed by atoms with Gasteiger partial charge >= 0.3 is 0 Å². The lowest BCUT2D eigenvalue weighted by Crippen LogP contribution is -2.15. The van der Waals surface area contributed by atoms with E-state index < -0.39 is 5.91 Å². The summed E-state index contributed by atoms with van der Waals surface area (Å²) in [5, 5.41) is 7.17. The molecule has 1 amide bonds. The number of aromatic nitrogens is 3. The minimum Gasteiger partial charge on any atom is -0.319 e. The third-order valence-corrected chi connectivity index (χ3v) is 4.30. The average Bonchev–Trinajstić information content (AvgIpc) is 3.11. The lowest BCUT2D eigenvalue weighted by atomic mass is 10.0. The Morgan fingerprint density at radius 3 is 2.36 bits per heavy atom. The fraction of sp³-hybridized carbons (Fsp3) is 0.0455. The van der Waals surface area contributed by atoms with Crippen molar-refractivity contribution in [2.24, 2.45) is 0 Å². The molecular formula is C22H17FN4O. The molecule has 3 aromatic carbocycles. The van der Waals surface area contributed by atoms with E-state index in [4.69, 9.17) is 0 Å². The van der Waals surface area contributed by atoms with Crippen molar-refractivity contribution in [2.45, 2.75) is 6.92 Å². The number of rotatable bonds is 4.